The van der Waals surface area contributed by atoms with Gasteiger partial charge in [-0.1, -0.05) is 6.07 Å². The number of hydrogen-bond donors (Lipinski definition) is 1. The first-order valence-corrected chi connectivity index (χ1v) is 9.17. The Morgan fingerprint density at radius 1 is 1.24 bits per heavy atom. The second kappa shape index (κ2) is 7.35. The summed E-state index contributed by atoms with van der Waals surface area (Å²) < 4.78 is 0. The fourth-order valence-electron chi connectivity index (χ4n) is 4.27. The van der Waals surface area contributed by atoms with E-state index in [1.54, 1.807) is 6.33 Å². The molecule has 6 nitrogen and oxygen atoms in total. The zero-order chi connectivity index (χ0) is 17.1. The minimum absolute atomic E-state index is 0.321. The molecule has 2 aliphatic rings. The van der Waals surface area contributed by atoms with Crippen LogP contribution in [0.4, 0.5) is 0 Å². The van der Waals surface area contributed by atoms with Crippen molar-refractivity contribution in [1.82, 2.24) is 24.8 Å². The Balaban J connectivity index is 1.37. The molecular weight excluding hydrogens is 314 g/mol. The monoisotopic (exact) mass is 339 g/mol. The van der Waals surface area contributed by atoms with E-state index < -0.39 is 0 Å². The highest BCUT2D eigenvalue weighted by molar-refractivity contribution is 5.77. The Morgan fingerprint density at radius 3 is 3.00 bits per heavy atom. The van der Waals surface area contributed by atoms with Gasteiger partial charge in [0.2, 0.25) is 5.91 Å². The highest BCUT2D eigenvalue weighted by Gasteiger charge is 2.38. The molecular formula is C19H25N5O. The van der Waals surface area contributed by atoms with Crippen LogP contribution in [0.5, 0.6) is 0 Å². The Labute approximate surface area is 148 Å². The fourth-order valence-corrected chi connectivity index (χ4v) is 4.27. The number of H-pyrrole nitrogens is 1. The molecule has 1 amide bonds. The fraction of sp³-hybridized carbons (Fsp3) is 0.526. The Hall–Kier alpha value is -2.21. The maximum atomic E-state index is 12.5. The Bertz CT molecular complexity index is 687. The van der Waals surface area contributed by atoms with Crippen LogP contribution in [0.3, 0.4) is 0 Å². The third-order valence-corrected chi connectivity index (χ3v) is 5.53. The number of piperidine rings is 2. The van der Waals surface area contributed by atoms with Gasteiger partial charge >= 0.3 is 0 Å². The molecule has 0 bridgehead atoms. The van der Waals surface area contributed by atoms with Gasteiger partial charge in [-0.05, 0) is 30.4 Å². The van der Waals surface area contributed by atoms with Gasteiger partial charge in [-0.3, -0.25) is 14.7 Å². The number of carbonyl (C=O) groups is 1. The van der Waals surface area contributed by atoms with E-state index in [9.17, 15) is 4.79 Å². The summed E-state index contributed by atoms with van der Waals surface area (Å²) in [6.07, 6.45) is 11.0. The molecule has 0 aromatic carbocycles. The highest BCUT2D eigenvalue weighted by Crippen LogP contribution is 2.31. The van der Waals surface area contributed by atoms with Crippen LogP contribution in [-0.2, 0) is 17.8 Å². The highest BCUT2D eigenvalue weighted by atomic mass is 16.2. The minimum atomic E-state index is 0.321. The van der Waals surface area contributed by atoms with E-state index in [0.717, 1.165) is 51.1 Å². The number of pyridine rings is 1. The van der Waals surface area contributed by atoms with Gasteiger partial charge in [0.25, 0.3) is 0 Å². The zero-order valence-corrected chi connectivity index (χ0v) is 14.5. The molecule has 0 unspecified atom stereocenters. The number of rotatable bonds is 5. The molecule has 2 aromatic heterocycles. The van der Waals surface area contributed by atoms with Gasteiger partial charge in [0.1, 0.15) is 0 Å². The lowest BCUT2D eigenvalue weighted by molar-refractivity contribution is -0.141. The van der Waals surface area contributed by atoms with Gasteiger partial charge in [-0.2, -0.15) is 0 Å². The average Bonchev–Trinajstić information content (AvgIpc) is 3.15. The zero-order valence-electron chi connectivity index (χ0n) is 14.5. The predicted octanol–water partition coefficient (Wildman–Crippen LogP) is 1.86. The van der Waals surface area contributed by atoms with Crippen molar-refractivity contribution >= 4 is 5.91 Å². The average molecular weight is 339 g/mol. The predicted molar refractivity (Wildman–Crippen MR) is 94.6 cm³/mol. The number of hydrogen-bond acceptors (Lipinski definition) is 4. The maximum Gasteiger partial charge on any atom is 0.222 e. The van der Waals surface area contributed by atoms with Crippen LogP contribution in [0, 0.1) is 5.92 Å². The molecule has 2 saturated heterocycles. The van der Waals surface area contributed by atoms with E-state index in [1.807, 2.05) is 24.7 Å². The van der Waals surface area contributed by atoms with Gasteiger partial charge in [0, 0.05) is 69.3 Å². The number of amides is 1. The first kappa shape index (κ1) is 16.3. The van der Waals surface area contributed by atoms with Crippen molar-refractivity contribution in [2.24, 2.45) is 5.92 Å². The molecule has 0 radical (unpaired) electrons. The minimum Gasteiger partial charge on any atom is -0.348 e. The second-order valence-electron chi connectivity index (χ2n) is 7.17. The number of nitrogens with zero attached hydrogens (tertiary/aromatic N) is 4. The number of likely N-dealkylation sites (tertiary alicyclic amines) is 2. The van der Waals surface area contributed by atoms with Crippen molar-refractivity contribution in [3.8, 4) is 0 Å². The molecule has 2 atom stereocenters. The molecule has 2 fully saturated rings. The Morgan fingerprint density at radius 2 is 2.20 bits per heavy atom. The Kier molecular flexibility index (Phi) is 4.78. The standard InChI is InChI=1S/C19H25N5O/c25-19-4-3-16-13-23(12-15-2-1-7-20-10-15)8-6-18(16)24(19)9-5-17-11-21-14-22-17/h1-2,7,10-11,14,16,18H,3-6,8-9,12-13H2,(H,21,22)/t16-,18+/m0/s1. The number of aromatic nitrogens is 3. The van der Waals surface area contributed by atoms with Crippen molar-refractivity contribution in [3.63, 3.8) is 0 Å². The molecule has 25 heavy (non-hydrogen) atoms. The van der Waals surface area contributed by atoms with Gasteiger partial charge < -0.3 is 9.88 Å². The first-order chi connectivity index (χ1) is 12.3. The van der Waals surface area contributed by atoms with Crippen LogP contribution in [0.1, 0.15) is 30.5 Å². The quantitative estimate of drug-likeness (QED) is 0.903. The lowest BCUT2D eigenvalue weighted by atomic mass is 9.83. The van der Waals surface area contributed by atoms with E-state index >= 15 is 0 Å². The molecule has 6 heteroatoms. The van der Waals surface area contributed by atoms with Crippen LogP contribution >= 0.6 is 0 Å². The molecule has 0 aliphatic carbocycles. The van der Waals surface area contributed by atoms with E-state index in [-0.39, 0.29) is 0 Å². The van der Waals surface area contributed by atoms with Crippen molar-refractivity contribution in [2.45, 2.75) is 38.3 Å². The molecule has 2 aliphatic heterocycles. The number of fused-ring (bicyclic) bond motifs is 1. The summed E-state index contributed by atoms with van der Waals surface area (Å²) in [7, 11) is 0. The molecule has 4 rings (SSSR count). The van der Waals surface area contributed by atoms with E-state index in [1.165, 1.54) is 5.56 Å². The molecule has 1 N–H and O–H groups in total. The normalized spacial score (nSPS) is 24.3. The largest absolute Gasteiger partial charge is 0.348 e. The lowest BCUT2D eigenvalue weighted by Crippen LogP contribution is -2.56. The summed E-state index contributed by atoms with van der Waals surface area (Å²) in [5.41, 5.74) is 2.37. The summed E-state index contributed by atoms with van der Waals surface area (Å²) in [5, 5.41) is 0. The topological polar surface area (TPSA) is 65.1 Å². The first-order valence-electron chi connectivity index (χ1n) is 9.17. The maximum absolute atomic E-state index is 12.5. The van der Waals surface area contributed by atoms with Crippen LogP contribution in [0.2, 0.25) is 0 Å². The van der Waals surface area contributed by atoms with Gasteiger partial charge in [-0.15, -0.1) is 0 Å². The molecule has 0 saturated carbocycles. The van der Waals surface area contributed by atoms with Crippen molar-refractivity contribution < 1.29 is 4.79 Å². The van der Waals surface area contributed by atoms with Gasteiger partial charge in [0.15, 0.2) is 0 Å². The van der Waals surface area contributed by atoms with Gasteiger partial charge in [0.05, 0.1) is 6.33 Å². The van der Waals surface area contributed by atoms with Crippen molar-refractivity contribution in [2.75, 3.05) is 19.6 Å². The summed E-state index contributed by atoms with van der Waals surface area (Å²) in [5.74, 6) is 0.909. The van der Waals surface area contributed by atoms with Crippen molar-refractivity contribution in [3.05, 3.63) is 48.3 Å². The van der Waals surface area contributed by atoms with Gasteiger partial charge in [-0.25, -0.2) is 4.98 Å². The third kappa shape index (κ3) is 3.74. The summed E-state index contributed by atoms with van der Waals surface area (Å²) in [6.45, 7) is 3.88. The number of nitrogens with one attached hydrogen (secondary N) is 1. The SMILES string of the molecule is O=C1CC[C@H]2CN(Cc3cccnc3)CC[C@H]2N1CCc1cnc[nH]1. The lowest BCUT2D eigenvalue weighted by Gasteiger charge is -2.47. The van der Waals surface area contributed by atoms with E-state index in [4.69, 9.17) is 0 Å². The van der Waals surface area contributed by atoms with E-state index in [2.05, 4.69) is 30.8 Å². The molecule has 0 spiro atoms. The van der Waals surface area contributed by atoms with Crippen LogP contribution < -0.4 is 0 Å². The third-order valence-electron chi connectivity index (χ3n) is 5.53. The summed E-state index contributed by atoms with van der Waals surface area (Å²) in [4.78, 5) is 28.5. The van der Waals surface area contributed by atoms with E-state index in [0.29, 0.717) is 24.3 Å². The van der Waals surface area contributed by atoms with Crippen LogP contribution in [0.15, 0.2) is 37.1 Å². The number of imidazole rings is 1. The molecule has 132 valence electrons. The number of aromatic amines is 1. The van der Waals surface area contributed by atoms with Crippen LogP contribution in [-0.4, -0.2) is 56.3 Å². The smallest absolute Gasteiger partial charge is 0.222 e. The number of carbonyl (C=O) groups excluding carboxylic acids is 1. The summed E-state index contributed by atoms with van der Waals surface area (Å²) in [6, 6.07) is 4.54. The molecule has 4 heterocycles. The van der Waals surface area contributed by atoms with Crippen LogP contribution in [0.25, 0.3) is 0 Å². The second-order valence-corrected chi connectivity index (χ2v) is 7.17. The summed E-state index contributed by atoms with van der Waals surface area (Å²) >= 11 is 0. The molecule has 2 aromatic rings. The van der Waals surface area contributed by atoms with Crippen molar-refractivity contribution in [1.29, 1.82) is 0 Å².